The van der Waals surface area contributed by atoms with Gasteiger partial charge in [-0.05, 0) is 35.8 Å². The zero-order valence-corrected chi connectivity index (χ0v) is 17.2. The van der Waals surface area contributed by atoms with Crippen LogP contribution in [0, 0.1) is 5.92 Å². The Morgan fingerprint density at radius 3 is 3.04 bits per heavy atom. The first-order valence-electron chi connectivity index (χ1n) is 9.97. The predicted octanol–water partition coefficient (Wildman–Crippen LogP) is 2.53. The summed E-state index contributed by atoms with van der Waals surface area (Å²) in [6, 6.07) is 2.61. The summed E-state index contributed by atoms with van der Waals surface area (Å²) in [5.41, 5.74) is 1.43. The van der Waals surface area contributed by atoms with Gasteiger partial charge in [-0.3, -0.25) is 14.6 Å². The van der Waals surface area contributed by atoms with Crippen LogP contribution in [-0.4, -0.2) is 67.7 Å². The van der Waals surface area contributed by atoms with Crippen molar-refractivity contribution in [3.8, 4) is 0 Å². The molecule has 6 heteroatoms. The minimum atomic E-state index is 0.109. The third-order valence-electron chi connectivity index (χ3n) is 5.31. The number of carbonyl (C=O) groups is 1. The number of nitrogens with zero attached hydrogens (tertiary/aromatic N) is 2. The van der Waals surface area contributed by atoms with E-state index in [0.29, 0.717) is 25.0 Å². The van der Waals surface area contributed by atoms with Gasteiger partial charge in [0.2, 0.25) is 5.91 Å². The molecule has 0 radical (unpaired) electrons. The first-order valence-corrected chi connectivity index (χ1v) is 10.9. The lowest BCUT2D eigenvalue weighted by Gasteiger charge is -2.35. The Labute approximate surface area is 161 Å². The minimum absolute atomic E-state index is 0.109. The van der Waals surface area contributed by atoms with E-state index in [1.807, 2.05) is 11.3 Å². The number of hydrogen-bond donors (Lipinski definition) is 1. The molecule has 0 spiro atoms. The van der Waals surface area contributed by atoms with Crippen molar-refractivity contribution in [1.29, 1.82) is 0 Å². The third-order valence-corrected chi connectivity index (χ3v) is 6.31. The Hall–Kier alpha value is -0.950. The van der Waals surface area contributed by atoms with E-state index >= 15 is 0 Å². The van der Waals surface area contributed by atoms with Gasteiger partial charge in [0.15, 0.2) is 0 Å². The monoisotopic (exact) mass is 379 g/mol. The molecular formula is C20H33N3O2S. The van der Waals surface area contributed by atoms with Gasteiger partial charge in [-0.15, -0.1) is 11.3 Å². The highest BCUT2D eigenvalue weighted by Crippen LogP contribution is 2.34. The Bertz CT molecular complexity index is 589. The van der Waals surface area contributed by atoms with Gasteiger partial charge in [-0.1, -0.05) is 20.8 Å². The summed E-state index contributed by atoms with van der Waals surface area (Å²) < 4.78 is 5.84. The summed E-state index contributed by atoms with van der Waals surface area (Å²) in [5.74, 6) is 0.780. The van der Waals surface area contributed by atoms with Gasteiger partial charge < -0.3 is 10.1 Å². The average molecular weight is 380 g/mol. The molecule has 3 heterocycles. The number of thiophene rings is 1. The van der Waals surface area contributed by atoms with E-state index in [4.69, 9.17) is 4.74 Å². The zero-order valence-electron chi connectivity index (χ0n) is 16.4. The molecule has 1 aromatic heterocycles. The molecule has 1 amide bonds. The van der Waals surface area contributed by atoms with Gasteiger partial charge in [-0.25, -0.2) is 0 Å². The van der Waals surface area contributed by atoms with Gasteiger partial charge >= 0.3 is 0 Å². The second-order valence-corrected chi connectivity index (χ2v) is 8.89. The second-order valence-electron chi connectivity index (χ2n) is 7.89. The Kier molecular flexibility index (Phi) is 7.09. The fourth-order valence-electron chi connectivity index (χ4n) is 4.17. The Balaban J connectivity index is 1.45. The van der Waals surface area contributed by atoms with Crippen molar-refractivity contribution in [3.05, 3.63) is 21.9 Å². The predicted molar refractivity (Wildman–Crippen MR) is 107 cm³/mol. The minimum Gasteiger partial charge on any atom is -0.374 e. The standard InChI is InChI=1S/C20H33N3O2S/c1-4-18-17-6-10-26-19(17)5-7-23(18)14-20(24)21-11-16-13-22(8-9-25-16)12-15(2)3/h6,10,15-16,18H,4-5,7-9,11-14H2,1-3H3,(H,21,24). The molecule has 1 fully saturated rings. The highest BCUT2D eigenvalue weighted by atomic mass is 32.1. The number of rotatable bonds is 7. The summed E-state index contributed by atoms with van der Waals surface area (Å²) in [4.78, 5) is 18.8. The van der Waals surface area contributed by atoms with Gasteiger partial charge in [0, 0.05) is 43.6 Å². The fraction of sp³-hybridized carbons (Fsp3) is 0.750. The molecule has 26 heavy (non-hydrogen) atoms. The number of hydrogen-bond acceptors (Lipinski definition) is 5. The van der Waals surface area contributed by atoms with Gasteiger partial charge in [-0.2, -0.15) is 0 Å². The lowest BCUT2D eigenvalue weighted by atomic mass is 9.98. The molecule has 0 aliphatic carbocycles. The molecule has 1 N–H and O–H groups in total. The molecule has 146 valence electrons. The molecule has 2 unspecified atom stereocenters. The van der Waals surface area contributed by atoms with Crippen molar-refractivity contribution < 1.29 is 9.53 Å². The van der Waals surface area contributed by atoms with E-state index < -0.39 is 0 Å². The molecule has 2 aliphatic heterocycles. The molecule has 0 saturated carbocycles. The topological polar surface area (TPSA) is 44.8 Å². The largest absolute Gasteiger partial charge is 0.374 e. The molecule has 0 bridgehead atoms. The highest BCUT2D eigenvalue weighted by Gasteiger charge is 2.28. The van der Waals surface area contributed by atoms with Crippen molar-refractivity contribution in [2.75, 3.05) is 45.9 Å². The van der Waals surface area contributed by atoms with Gasteiger partial charge in [0.1, 0.15) is 0 Å². The summed E-state index contributed by atoms with van der Waals surface area (Å²) in [7, 11) is 0. The van der Waals surface area contributed by atoms with Crippen LogP contribution in [-0.2, 0) is 16.0 Å². The van der Waals surface area contributed by atoms with Crippen LogP contribution in [0.15, 0.2) is 11.4 Å². The Morgan fingerprint density at radius 1 is 1.42 bits per heavy atom. The van der Waals surface area contributed by atoms with Gasteiger partial charge in [0.05, 0.1) is 19.3 Å². The molecule has 1 aromatic rings. The maximum Gasteiger partial charge on any atom is 0.234 e. The van der Waals surface area contributed by atoms with E-state index in [9.17, 15) is 4.79 Å². The van der Waals surface area contributed by atoms with Crippen LogP contribution in [0.1, 0.15) is 43.7 Å². The number of ether oxygens (including phenoxy) is 1. The summed E-state index contributed by atoms with van der Waals surface area (Å²) in [5, 5.41) is 5.29. The molecule has 5 nitrogen and oxygen atoms in total. The van der Waals surface area contributed by atoms with Crippen LogP contribution in [0.25, 0.3) is 0 Å². The second kappa shape index (κ2) is 9.31. The van der Waals surface area contributed by atoms with Crippen molar-refractivity contribution in [1.82, 2.24) is 15.1 Å². The maximum atomic E-state index is 12.5. The third kappa shape index (κ3) is 5.06. The van der Waals surface area contributed by atoms with Crippen molar-refractivity contribution in [3.63, 3.8) is 0 Å². The lowest BCUT2D eigenvalue weighted by molar-refractivity contribution is -0.124. The fourth-order valence-corrected chi connectivity index (χ4v) is 5.10. The maximum absolute atomic E-state index is 12.5. The smallest absolute Gasteiger partial charge is 0.234 e. The molecule has 2 atom stereocenters. The van der Waals surface area contributed by atoms with Crippen LogP contribution < -0.4 is 5.32 Å². The van der Waals surface area contributed by atoms with Crippen molar-refractivity contribution in [2.24, 2.45) is 5.92 Å². The van der Waals surface area contributed by atoms with Crippen LogP contribution in [0.5, 0.6) is 0 Å². The normalized spacial score (nSPS) is 24.6. The number of carbonyl (C=O) groups excluding carboxylic acids is 1. The number of fused-ring (bicyclic) bond motifs is 1. The van der Waals surface area contributed by atoms with Crippen molar-refractivity contribution in [2.45, 2.75) is 45.8 Å². The van der Waals surface area contributed by atoms with Gasteiger partial charge in [0.25, 0.3) is 0 Å². The number of morpholine rings is 1. The average Bonchev–Trinajstić information content (AvgIpc) is 3.08. The van der Waals surface area contributed by atoms with E-state index in [-0.39, 0.29) is 12.0 Å². The van der Waals surface area contributed by atoms with E-state index in [1.54, 1.807) is 0 Å². The summed E-state index contributed by atoms with van der Waals surface area (Å²) in [6.45, 7) is 12.5. The Morgan fingerprint density at radius 2 is 2.27 bits per heavy atom. The summed E-state index contributed by atoms with van der Waals surface area (Å²) in [6.07, 6.45) is 2.22. The van der Waals surface area contributed by atoms with E-state index in [0.717, 1.165) is 45.6 Å². The van der Waals surface area contributed by atoms with Crippen LogP contribution in [0.3, 0.4) is 0 Å². The number of amides is 1. The molecule has 3 rings (SSSR count). The molecule has 0 aromatic carbocycles. The molecular weight excluding hydrogens is 346 g/mol. The molecule has 1 saturated heterocycles. The van der Waals surface area contributed by atoms with Crippen molar-refractivity contribution >= 4 is 17.2 Å². The van der Waals surface area contributed by atoms with Crippen LogP contribution >= 0.6 is 11.3 Å². The summed E-state index contributed by atoms with van der Waals surface area (Å²) >= 11 is 1.85. The van der Waals surface area contributed by atoms with Crippen LogP contribution in [0.2, 0.25) is 0 Å². The number of nitrogens with one attached hydrogen (secondary N) is 1. The first-order chi connectivity index (χ1) is 12.6. The SMILES string of the molecule is CCC1c2ccsc2CCN1CC(=O)NCC1CN(CC(C)C)CCO1. The quantitative estimate of drug-likeness (QED) is 0.791. The first kappa shape index (κ1) is 19.8. The van der Waals surface area contributed by atoms with E-state index in [2.05, 4.69) is 47.3 Å². The highest BCUT2D eigenvalue weighted by molar-refractivity contribution is 7.10. The zero-order chi connectivity index (χ0) is 18.5. The van der Waals surface area contributed by atoms with E-state index in [1.165, 1.54) is 10.4 Å². The molecule has 2 aliphatic rings. The lowest BCUT2D eigenvalue weighted by Crippen LogP contribution is -2.50. The van der Waals surface area contributed by atoms with Crippen LogP contribution in [0.4, 0.5) is 0 Å².